The highest BCUT2D eigenvalue weighted by Crippen LogP contribution is 2.33. The normalized spacial score (nSPS) is 16.4. The van der Waals surface area contributed by atoms with Gasteiger partial charge in [-0.2, -0.15) is 0 Å². The summed E-state index contributed by atoms with van der Waals surface area (Å²) < 4.78 is 0. The third-order valence-corrected chi connectivity index (χ3v) is 8.34. The molecule has 32 heavy (non-hydrogen) atoms. The number of carbonyl (C=O) groups is 1. The molecule has 1 amide bonds. The van der Waals surface area contributed by atoms with Crippen LogP contribution in [0.2, 0.25) is 5.02 Å². The molecule has 1 fully saturated rings. The molecular formula is C22H24ClN5O2S2. The van der Waals surface area contributed by atoms with Crippen LogP contribution in [-0.2, 0) is 23.4 Å². The van der Waals surface area contributed by atoms with Crippen LogP contribution in [0.5, 0.6) is 0 Å². The van der Waals surface area contributed by atoms with Crippen LogP contribution >= 0.6 is 34.7 Å². The number of hydrogen-bond donors (Lipinski definition) is 1. The summed E-state index contributed by atoms with van der Waals surface area (Å²) in [7, 11) is 0. The number of thiophene rings is 1. The summed E-state index contributed by atoms with van der Waals surface area (Å²) >= 11 is 9.07. The number of piperazine rings is 1. The zero-order valence-corrected chi connectivity index (χ0v) is 20.0. The van der Waals surface area contributed by atoms with Crippen molar-refractivity contribution in [3.8, 4) is 0 Å². The molecule has 1 aliphatic carbocycles. The second-order valence-corrected chi connectivity index (χ2v) is 10.6. The lowest BCUT2D eigenvalue weighted by atomic mass is 9.97. The summed E-state index contributed by atoms with van der Waals surface area (Å²) in [6, 6.07) is 3.74. The van der Waals surface area contributed by atoms with Crippen LogP contribution in [-0.4, -0.2) is 57.7 Å². The number of aromatic amines is 1. The molecule has 168 valence electrons. The van der Waals surface area contributed by atoms with Crippen LogP contribution in [0.4, 0.5) is 5.82 Å². The van der Waals surface area contributed by atoms with Crippen LogP contribution in [0.25, 0.3) is 10.2 Å². The number of carbonyl (C=O) groups excluding carboxylic acids is 1. The third-order valence-electron chi connectivity index (χ3n) is 6.01. The van der Waals surface area contributed by atoms with Gasteiger partial charge in [-0.3, -0.25) is 9.59 Å². The molecule has 4 heterocycles. The standard InChI is InChI=1S/C22H24ClN5O2S2/c23-14-5-6-18(24-11-14)27-7-9-28(10-8-27)19(29)13-31-12-17-25-21(30)20-15-3-1-2-4-16(15)32-22(20)26-17/h5-6,11H,1-4,7-10,12-13H2,(H,25,26,30). The maximum absolute atomic E-state index is 12.7. The topological polar surface area (TPSA) is 82.2 Å². The summed E-state index contributed by atoms with van der Waals surface area (Å²) in [6.07, 6.45) is 6.00. The number of H-pyrrole nitrogens is 1. The van der Waals surface area contributed by atoms with E-state index in [0.717, 1.165) is 48.4 Å². The molecule has 7 nitrogen and oxygen atoms in total. The van der Waals surface area contributed by atoms with Crippen molar-refractivity contribution in [1.29, 1.82) is 0 Å². The molecule has 2 aliphatic rings. The van der Waals surface area contributed by atoms with Gasteiger partial charge in [-0.25, -0.2) is 9.97 Å². The van der Waals surface area contributed by atoms with Crippen LogP contribution < -0.4 is 10.5 Å². The van der Waals surface area contributed by atoms with Gasteiger partial charge < -0.3 is 14.8 Å². The number of nitrogens with one attached hydrogen (secondary N) is 1. The van der Waals surface area contributed by atoms with Gasteiger partial charge in [0.05, 0.1) is 21.9 Å². The zero-order chi connectivity index (χ0) is 22.1. The Labute approximate surface area is 199 Å². The van der Waals surface area contributed by atoms with Crippen molar-refractivity contribution in [3.63, 3.8) is 0 Å². The monoisotopic (exact) mass is 489 g/mol. The molecule has 1 N–H and O–H groups in total. The smallest absolute Gasteiger partial charge is 0.259 e. The van der Waals surface area contributed by atoms with Gasteiger partial charge in [-0.1, -0.05) is 11.6 Å². The summed E-state index contributed by atoms with van der Waals surface area (Å²) in [4.78, 5) is 43.5. The predicted octanol–water partition coefficient (Wildman–Crippen LogP) is 3.49. The third kappa shape index (κ3) is 4.51. The number of aryl methyl sites for hydroxylation is 2. The van der Waals surface area contributed by atoms with Crippen LogP contribution in [0.15, 0.2) is 23.1 Å². The second-order valence-electron chi connectivity index (χ2n) is 8.10. The molecule has 0 aromatic carbocycles. The molecule has 0 unspecified atom stereocenters. The van der Waals surface area contributed by atoms with Crippen LogP contribution in [0.1, 0.15) is 29.1 Å². The number of aromatic nitrogens is 3. The van der Waals surface area contributed by atoms with Crippen molar-refractivity contribution in [3.05, 3.63) is 50.0 Å². The van der Waals surface area contributed by atoms with E-state index in [0.29, 0.717) is 35.4 Å². The first-order valence-electron chi connectivity index (χ1n) is 10.8. The van der Waals surface area contributed by atoms with E-state index in [1.54, 1.807) is 17.5 Å². The van der Waals surface area contributed by atoms with Crippen molar-refractivity contribution in [2.75, 3.05) is 36.8 Å². The van der Waals surface area contributed by atoms with Gasteiger partial charge in [0.2, 0.25) is 5.91 Å². The van der Waals surface area contributed by atoms with Gasteiger partial charge in [0.25, 0.3) is 5.56 Å². The molecule has 0 atom stereocenters. The number of pyridine rings is 1. The number of halogens is 1. The molecule has 3 aromatic heterocycles. The van der Waals surface area contributed by atoms with Gasteiger partial charge in [0.1, 0.15) is 16.5 Å². The van der Waals surface area contributed by atoms with E-state index >= 15 is 0 Å². The summed E-state index contributed by atoms with van der Waals surface area (Å²) in [6.45, 7) is 2.84. The maximum Gasteiger partial charge on any atom is 0.259 e. The predicted molar refractivity (Wildman–Crippen MR) is 131 cm³/mol. The maximum atomic E-state index is 12.7. The molecule has 5 rings (SSSR count). The first-order valence-corrected chi connectivity index (χ1v) is 13.2. The van der Waals surface area contributed by atoms with E-state index < -0.39 is 0 Å². The van der Waals surface area contributed by atoms with Gasteiger partial charge in [0, 0.05) is 37.3 Å². The quantitative estimate of drug-likeness (QED) is 0.590. The fourth-order valence-electron chi connectivity index (χ4n) is 4.34. The van der Waals surface area contributed by atoms with E-state index in [-0.39, 0.29) is 11.5 Å². The number of nitrogens with zero attached hydrogens (tertiary/aromatic N) is 4. The lowest BCUT2D eigenvalue weighted by Crippen LogP contribution is -2.49. The Morgan fingerprint density at radius 1 is 1.19 bits per heavy atom. The molecule has 10 heteroatoms. The lowest BCUT2D eigenvalue weighted by Gasteiger charge is -2.35. The number of rotatable bonds is 5. The van der Waals surface area contributed by atoms with Gasteiger partial charge in [-0.05, 0) is 43.4 Å². The molecule has 0 spiro atoms. The molecule has 0 radical (unpaired) electrons. The second kappa shape index (κ2) is 9.41. The number of amides is 1. The number of thioether (sulfide) groups is 1. The highest BCUT2D eigenvalue weighted by molar-refractivity contribution is 7.99. The molecule has 0 saturated carbocycles. The van der Waals surface area contributed by atoms with Crippen molar-refractivity contribution in [1.82, 2.24) is 19.9 Å². The van der Waals surface area contributed by atoms with Gasteiger partial charge in [-0.15, -0.1) is 23.1 Å². The van der Waals surface area contributed by atoms with E-state index in [9.17, 15) is 9.59 Å². The van der Waals surface area contributed by atoms with Crippen molar-refractivity contribution < 1.29 is 4.79 Å². The van der Waals surface area contributed by atoms with Crippen molar-refractivity contribution >= 4 is 56.6 Å². The molecule has 3 aromatic rings. The Morgan fingerprint density at radius 3 is 2.78 bits per heavy atom. The van der Waals surface area contributed by atoms with Crippen molar-refractivity contribution in [2.24, 2.45) is 0 Å². The molecule has 1 saturated heterocycles. The Balaban J connectivity index is 1.15. The highest BCUT2D eigenvalue weighted by Gasteiger charge is 2.22. The van der Waals surface area contributed by atoms with E-state index in [1.807, 2.05) is 17.0 Å². The largest absolute Gasteiger partial charge is 0.353 e. The fourth-order valence-corrected chi connectivity index (χ4v) is 6.53. The summed E-state index contributed by atoms with van der Waals surface area (Å²) in [5.41, 5.74) is 1.16. The Bertz CT molecular complexity index is 1190. The number of hydrogen-bond acceptors (Lipinski definition) is 7. The minimum atomic E-state index is -0.0387. The van der Waals surface area contributed by atoms with Gasteiger partial charge in [0.15, 0.2) is 0 Å². The Kier molecular flexibility index (Phi) is 6.39. The average molecular weight is 490 g/mol. The van der Waals surface area contributed by atoms with Crippen LogP contribution in [0.3, 0.4) is 0 Å². The van der Waals surface area contributed by atoms with E-state index in [2.05, 4.69) is 14.9 Å². The molecular weight excluding hydrogens is 466 g/mol. The lowest BCUT2D eigenvalue weighted by molar-refractivity contribution is -0.128. The first kappa shape index (κ1) is 21.7. The Hall–Kier alpha value is -2.10. The van der Waals surface area contributed by atoms with Crippen molar-refractivity contribution in [2.45, 2.75) is 31.4 Å². The zero-order valence-electron chi connectivity index (χ0n) is 17.6. The summed E-state index contributed by atoms with van der Waals surface area (Å²) in [5, 5.41) is 1.40. The van der Waals surface area contributed by atoms with E-state index in [4.69, 9.17) is 16.6 Å². The summed E-state index contributed by atoms with van der Waals surface area (Å²) in [5.74, 6) is 2.55. The fraction of sp³-hybridized carbons (Fsp3) is 0.455. The minimum Gasteiger partial charge on any atom is -0.353 e. The van der Waals surface area contributed by atoms with Gasteiger partial charge >= 0.3 is 0 Å². The molecule has 0 bridgehead atoms. The highest BCUT2D eigenvalue weighted by atomic mass is 35.5. The SMILES string of the molecule is O=C(CSCc1nc2sc3c(c2c(=O)[nH]1)CCCC3)N1CCN(c2ccc(Cl)cn2)CC1. The first-order chi connectivity index (χ1) is 15.6. The van der Waals surface area contributed by atoms with E-state index in [1.165, 1.54) is 28.6 Å². The number of anilines is 1. The molecule has 1 aliphatic heterocycles. The Morgan fingerprint density at radius 2 is 2.00 bits per heavy atom. The number of fused-ring (bicyclic) bond motifs is 3. The average Bonchev–Trinajstić information content (AvgIpc) is 3.18. The van der Waals surface area contributed by atoms with Crippen LogP contribution in [0, 0.1) is 0 Å². The minimum absolute atomic E-state index is 0.0387.